The minimum atomic E-state index is 0.0367. The van der Waals surface area contributed by atoms with Crippen molar-refractivity contribution in [3.05, 3.63) is 46.8 Å². The topological polar surface area (TPSA) is 32.9 Å². The van der Waals surface area contributed by atoms with Gasteiger partial charge in [0.05, 0.1) is 0 Å². The van der Waals surface area contributed by atoms with Crippen LogP contribution in [0.4, 0.5) is 0 Å². The van der Waals surface area contributed by atoms with Crippen molar-refractivity contribution in [2.24, 2.45) is 0 Å². The summed E-state index contributed by atoms with van der Waals surface area (Å²) in [5.41, 5.74) is 1.03. The Morgan fingerprint density at radius 2 is 1.82 bits per heavy atom. The SMILES string of the molecule is O=c1ccc2cc[nH]c2cc1. The Balaban J connectivity index is 2.96. The van der Waals surface area contributed by atoms with Gasteiger partial charge in [0, 0.05) is 11.7 Å². The van der Waals surface area contributed by atoms with Crippen LogP contribution in [0.2, 0.25) is 0 Å². The Bertz CT molecular complexity index is 394. The van der Waals surface area contributed by atoms with E-state index >= 15 is 0 Å². The predicted octanol–water partition coefficient (Wildman–Crippen LogP) is 1.53. The average Bonchev–Trinajstić information content (AvgIpc) is 2.38. The van der Waals surface area contributed by atoms with Crippen LogP contribution in [-0.2, 0) is 0 Å². The van der Waals surface area contributed by atoms with E-state index in [9.17, 15) is 4.79 Å². The molecule has 0 aliphatic heterocycles. The highest BCUT2D eigenvalue weighted by atomic mass is 16.1. The third-order valence-electron chi connectivity index (χ3n) is 1.65. The molecule has 0 bridgehead atoms. The first kappa shape index (κ1) is 6.16. The fraction of sp³-hybridized carbons (Fsp3) is 0. The number of aromatic nitrogens is 1. The third-order valence-corrected chi connectivity index (χ3v) is 1.65. The van der Waals surface area contributed by atoms with E-state index in [0.717, 1.165) is 10.9 Å². The number of fused-ring (bicyclic) bond motifs is 1. The quantitative estimate of drug-likeness (QED) is 0.599. The van der Waals surface area contributed by atoms with E-state index in [0.29, 0.717) is 0 Å². The first-order valence-electron chi connectivity index (χ1n) is 3.44. The molecule has 0 saturated carbocycles. The van der Waals surface area contributed by atoms with E-state index in [4.69, 9.17) is 0 Å². The van der Waals surface area contributed by atoms with Gasteiger partial charge in [-0.3, -0.25) is 4.79 Å². The van der Waals surface area contributed by atoms with Crippen LogP contribution in [0.3, 0.4) is 0 Å². The van der Waals surface area contributed by atoms with Crippen LogP contribution >= 0.6 is 0 Å². The molecule has 1 aromatic carbocycles. The maximum absolute atomic E-state index is 10.9. The summed E-state index contributed by atoms with van der Waals surface area (Å²) < 4.78 is 0. The zero-order valence-corrected chi connectivity index (χ0v) is 5.87. The average molecular weight is 145 g/mol. The van der Waals surface area contributed by atoms with Crippen molar-refractivity contribution in [2.75, 3.05) is 0 Å². The molecule has 1 N–H and O–H groups in total. The lowest BCUT2D eigenvalue weighted by molar-refractivity contribution is 1.48. The third kappa shape index (κ3) is 1.03. The number of hydrogen-bond donors (Lipinski definition) is 1. The van der Waals surface area contributed by atoms with E-state index in [1.54, 1.807) is 18.2 Å². The largest absolute Gasteiger partial charge is 0.361 e. The summed E-state index contributed by atoms with van der Waals surface area (Å²) in [5, 5.41) is 1.06. The molecule has 0 radical (unpaired) electrons. The molecule has 0 spiro atoms. The first-order valence-corrected chi connectivity index (χ1v) is 3.44. The fourth-order valence-electron chi connectivity index (χ4n) is 1.08. The van der Waals surface area contributed by atoms with E-state index in [1.165, 1.54) is 0 Å². The van der Waals surface area contributed by atoms with Gasteiger partial charge in [-0.25, -0.2) is 0 Å². The van der Waals surface area contributed by atoms with E-state index in [2.05, 4.69) is 4.98 Å². The smallest absolute Gasteiger partial charge is 0.178 e. The minimum absolute atomic E-state index is 0.0367. The molecule has 2 rings (SSSR count). The second-order valence-electron chi connectivity index (χ2n) is 2.42. The molecule has 54 valence electrons. The normalized spacial score (nSPS) is 10.2. The zero-order valence-electron chi connectivity index (χ0n) is 5.87. The van der Waals surface area contributed by atoms with Crippen molar-refractivity contribution in [1.82, 2.24) is 4.98 Å². The van der Waals surface area contributed by atoms with Gasteiger partial charge >= 0.3 is 0 Å². The summed E-state index contributed by atoms with van der Waals surface area (Å²) in [6.07, 6.45) is 1.86. The highest BCUT2D eigenvalue weighted by Crippen LogP contribution is 2.06. The second-order valence-corrected chi connectivity index (χ2v) is 2.42. The van der Waals surface area contributed by atoms with Crippen molar-refractivity contribution < 1.29 is 0 Å². The number of hydrogen-bond acceptors (Lipinski definition) is 1. The highest BCUT2D eigenvalue weighted by molar-refractivity contribution is 5.78. The predicted molar refractivity (Wildman–Crippen MR) is 44.6 cm³/mol. The zero-order chi connectivity index (χ0) is 7.68. The lowest BCUT2D eigenvalue weighted by Crippen LogP contribution is -1.87. The molecular weight excluding hydrogens is 138 g/mol. The molecule has 0 unspecified atom stereocenters. The maximum Gasteiger partial charge on any atom is 0.178 e. The van der Waals surface area contributed by atoms with Gasteiger partial charge in [0.1, 0.15) is 0 Å². The molecule has 0 amide bonds. The summed E-state index contributed by atoms with van der Waals surface area (Å²) in [6.45, 7) is 0. The van der Waals surface area contributed by atoms with Crippen molar-refractivity contribution >= 4 is 10.9 Å². The van der Waals surface area contributed by atoms with Crippen LogP contribution in [0, 0.1) is 0 Å². The van der Waals surface area contributed by atoms with Crippen LogP contribution in [0.1, 0.15) is 0 Å². The Kier molecular flexibility index (Phi) is 1.25. The highest BCUT2D eigenvalue weighted by Gasteiger charge is 1.88. The van der Waals surface area contributed by atoms with Crippen molar-refractivity contribution in [3.8, 4) is 0 Å². The fourth-order valence-corrected chi connectivity index (χ4v) is 1.08. The Hall–Kier alpha value is -1.57. The van der Waals surface area contributed by atoms with Crippen LogP contribution in [-0.4, -0.2) is 4.98 Å². The van der Waals surface area contributed by atoms with Crippen LogP contribution in [0.5, 0.6) is 0 Å². The second kappa shape index (κ2) is 2.23. The lowest BCUT2D eigenvalue weighted by atomic mass is 10.3. The molecule has 1 heterocycles. The molecule has 2 nitrogen and oxygen atoms in total. The first-order chi connectivity index (χ1) is 5.36. The molecule has 11 heavy (non-hydrogen) atoms. The summed E-state index contributed by atoms with van der Waals surface area (Å²) in [4.78, 5) is 13.9. The number of nitrogens with one attached hydrogen (secondary N) is 1. The van der Waals surface area contributed by atoms with Crippen molar-refractivity contribution in [3.63, 3.8) is 0 Å². The molecular formula is C9H7NO. The van der Waals surface area contributed by atoms with Gasteiger partial charge in [-0.15, -0.1) is 0 Å². The van der Waals surface area contributed by atoms with E-state index in [1.807, 2.05) is 18.3 Å². The van der Waals surface area contributed by atoms with Crippen LogP contribution in [0.25, 0.3) is 10.9 Å². The number of rotatable bonds is 0. The Morgan fingerprint density at radius 1 is 1.00 bits per heavy atom. The molecule has 0 saturated heterocycles. The molecule has 0 atom stereocenters. The van der Waals surface area contributed by atoms with Crippen LogP contribution in [0.15, 0.2) is 41.3 Å². The van der Waals surface area contributed by atoms with Gasteiger partial charge in [-0.1, -0.05) is 0 Å². The monoisotopic (exact) mass is 145 g/mol. The van der Waals surface area contributed by atoms with Crippen LogP contribution < -0.4 is 5.43 Å². The summed E-state index contributed by atoms with van der Waals surface area (Å²) in [5.74, 6) is 0. The number of aromatic amines is 1. The van der Waals surface area contributed by atoms with Gasteiger partial charge in [0.2, 0.25) is 0 Å². The summed E-state index contributed by atoms with van der Waals surface area (Å²) in [7, 11) is 0. The van der Waals surface area contributed by atoms with Crippen molar-refractivity contribution in [2.45, 2.75) is 0 Å². The van der Waals surface area contributed by atoms with E-state index < -0.39 is 0 Å². The maximum atomic E-state index is 10.9. The standard InChI is InChI=1S/C9H7NO/c11-8-2-1-7-5-6-10-9(7)4-3-8/h1-6,10H. The van der Waals surface area contributed by atoms with Gasteiger partial charge in [0.15, 0.2) is 5.43 Å². The Labute approximate surface area is 63.5 Å². The lowest BCUT2D eigenvalue weighted by Gasteiger charge is -1.74. The molecule has 0 aliphatic carbocycles. The Morgan fingerprint density at radius 3 is 2.73 bits per heavy atom. The summed E-state index contributed by atoms with van der Waals surface area (Å²) in [6, 6.07) is 8.66. The molecule has 0 fully saturated rings. The number of H-pyrrole nitrogens is 1. The summed E-state index contributed by atoms with van der Waals surface area (Å²) >= 11 is 0. The van der Waals surface area contributed by atoms with Gasteiger partial charge in [-0.2, -0.15) is 0 Å². The van der Waals surface area contributed by atoms with E-state index in [-0.39, 0.29) is 5.43 Å². The minimum Gasteiger partial charge on any atom is -0.361 e. The molecule has 1 aromatic heterocycles. The molecule has 0 aliphatic rings. The van der Waals surface area contributed by atoms with Gasteiger partial charge in [0.25, 0.3) is 0 Å². The van der Waals surface area contributed by atoms with Crippen molar-refractivity contribution in [1.29, 1.82) is 0 Å². The molecule has 2 aromatic rings. The van der Waals surface area contributed by atoms with Gasteiger partial charge < -0.3 is 4.98 Å². The van der Waals surface area contributed by atoms with Gasteiger partial charge in [-0.05, 0) is 35.7 Å². The molecule has 2 heteroatoms.